The molecule has 7 nitrogen and oxygen atoms in total. The molecule has 0 aromatic rings. The highest BCUT2D eigenvalue weighted by atomic mass is 31.2. The van der Waals surface area contributed by atoms with Crippen molar-refractivity contribution in [1.29, 1.82) is 0 Å². The van der Waals surface area contributed by atoms with Crippen LogP contribution in [0.25, 0.3) is 0 Å². The topological polar surface area (TPSA) is 83.1 Å². The minimum absolute atomic E-state index is 0.0172. The van der Waals surface area contributed by atoms with Crippen LogP contribution in [-0.4, -0.2) is 59.3 Å². The first-order valence-electron chi connectivity index (χ1n) is 7.32. The van der Waals surface area contributed by atoms with Gasteiger partial charge in [0.2, 0.25) is 5.91 Å². The summed E-state index contributed by atoms with van der Waals surface area (Å²) in [6.07, 6.45) is 2.95. The van der Waals surface area contributed by atoms with E-state index in [0.29, 0.717) is 19.6 Å². The van der Waals surface area contributed by atoms with Crippen LogP contribution >= 0.6 is 7.60 Å². The van der Waals surface area contributed by atoms with Crippen LogP contribution in [-0.2, 0) is 27.9 Å². The lowest BCUT2D eigenvalue weighted by Crippen LogP contribution is -2.27. The number of hydrogen-bond acceptors (Lipinski definition) is 6. The number of nitrogens with one attached hydrogen (secondary N) is 1. The van der Waals surface area contributed by atoms with Gasteiger partial charge in [0.15, 0.2) is 0 Å². The van der Waals surface area contributed by atoms with Gasteiger partial charge in [0.1, 0.15) is 7.85 Å². The second-order valence-corrected chi connectivity index (χ2v) is 7.22. The Kier molecular flexibility index (Phi) is 8.35. The van der Waals surface area contributed by atoms with Crippen molar-refractivity contribution in [3.63, 3.8) is 0 Å². The fourth-order valence-corrected chi connectivity index (χ4v) is 2.93. The van der Waals surface area contributed by atoms with Crippen LogP contribution in [0.2, 0.25) is 0 Å². The molecule has 3 atom stereocenters. The highest BCUT2D eigenvalue weighted by molar-refractivity contribution is 7.57. The van der Waals surface area contributed by atoms with Gasteiger partial charge in [-0.3, -0.25) is 9.36 Å². The molecular formula is C13H25BNO6P. The Balaban J connectivity index is 2.34. The second kappa shape index (κ2) is 9.48. The molecular weight excluding hydrogens is 308 g/mol. The average Bonchev–Trinajstić information content (AvgIpc) is 2.84. The van der Waals surface area contributed by atoms with Gasteiger partial charge in [0.25, 0.3) is 0 Å². The van der Waals surface area contributed by atoms with Gasteiger partial charge in [0, 0.05) is 46.5 Å². The van der Waals surface area contributed by atoms with Crippen LogP contribution in [0.15, 0.2) is 11.9 Å². The smallest absolute Gasteiger partial charge is 0.353 e. The molecule has 1 aliphatic rings. The lowest BCUT2D eigenvalue weighted by atomic mass is 9.94. The van der Waals surface area contributed by atoms with E-state index in [9.17, 15) is 9.36 Å². The van der Waals surface area contributed by atoms with Crippen LogP contribution in [0.3, 0.4) is 0 Å². The summed E-state index contributed by atoms with van der Waals surface area (Å²) in [4.78, 5) is 10.7. The average molecular weight is 333 g/mol. The molecule has 0 unspecified atom stereocenters. The lowest BCUT2D eigenvalue weighted by Gasteiger charge is -2.14. The molecule has 0 aromatic heterocycles. The third-order valence-electron chi connectivity index (χ3n) is 3.40. The molecule has 1 aliphatic heterocycles. The minimum Gasteiger partial charge on any atom is -0.377 e. The SMILES string of the molecule is B[C@@H]1O[C@H](/C=C/P(=O)(OC)OC)C[C@H]1OCCCNC(C)=O. The predicted molar refractivity (Wildman–Crippen MR) is 85.6 cm³/mol. The normalized spacial score (nSPS) is 25.7. The fraction of sp³-hybridized carbons (Fsp3) is 0.769. The first-order chi connectivity index (χ1) is 10.4. The molecule has 0 radical (unpaired) electrons. The van der Waals surface area contributed by atoms with Gasteiger partial charge < -0.3 is 23.8 Å². The van der Waals surface area contributed by atoms with E-state index < -0.39 is 7.60 Å². The summed E-state index contributed by atoms with van der Waals surface area (Å²) in [6.45, 7) is 2.65. The molecule has 1 heterocycles. The van der Waals surface area contributed by atoms with Crippen molar-refractivity contribution in [3.8, 4) is 0 Å². The first kappa shape index (κ1) is 19.4. The van der Waals surface area contributed by atoms with Crippen molar-refractivity contribution in [2.75, 3.05) is 27.4 Å². The largest absolute Gasteiger partial charge is 0.377 e. The summed E-state index contributed by atoms with van der Waals surface area (Å²) >= 11 is 0. The third kappa shape index (κ3) is 6.63. The maximum Gasteiger partial charge on any atom is 0.353 e. The molecule has 1 saturated heterocycles. The number of ether oxygens (including phenoxy) is 2. The maximum absolute atomic E-state index is 11.9. The Hall–Kier alpha value is -0.655. The zero-order valence-electron chi connectivity index (χ0n) is 13.6. The third-order valence-corrected chi connectivity index (χ3v) is 4.95. The van der Waals surface area contributed by atoms with Gasteiger partial charge in [-0.15, -0.1) is 0 Å². The number of carbonyl (C=O) groups is 1. The van der Waals surface area contributed by atoms with Crippen molar-refractivity contribution in [3.05, 3.63) is 11.9 Å². The molecule has 126 valence electrons. The molecule has 0 spiro atoms. The molecule has 0 aliphatic carbocycles. The Morgan fingerprint density at radius 3 is 2.73 bits per heavy atom. The lowest BCUT2D eigenvalue weighted by molar-refractivity contribution is -0.119. The van der Waals surface area contributed by atoms with Gasteiger partial charge in [0.05, 0.1) is 18.2 Å². The molecule has 9 heteroatoms. The van der Waals surface area contributed by atoms with E-state index in [1.165, 1.54) is 27.0 Å². The Labute approximate surface area is 132 Å². The van der Waals surface area contributed by atoms with Crippen molar-refractivity contribution in [2.24, 2.45) is 0 Å². The van der Waals surface area contributed by atoms with Crippen LogP contribution in [0.4, 0.5) is 0 Å². The summed E-state index contributed by atoms with van der Waals surface area (Å²) in [5, 5.41) is 2.72. The zero-order chi connectivity index (χ0) is 16.6. The summed E-state index contributed by atoms with van der Waals surface area (Å²) in [5.74, 6) is 1.38. The van der Waals surface area contributed by atoms with Crippen LogP contribution < -0.4 is 5.32 Å². The van der Waals surface area contributed by atoms with Crippen molar-refractivity contribution in [1.82, 2.24) is 5.32 Å². The van der Waals surface area contributed by atoms with Crippen LogP contribution in [0, 0.1) is 0 Å². The molecule has 1 rings (SSSR count). The van der Waals surface area contributed by atoms with Crippen molar-refractivity contribution < 1.29 is 27.9 Å². The molecule has 22 heavy (non-hydrogen) atoms. The van der Waals surface area contributed by atoms with Gasteiger partial charge in [-0.05, 0) is 12.5 Å². The Bertz CT molecular complexity index is 425. The van der Waals surface area contributed by atoms with Gasteiger partial charge in [-0.2, -0.15) is 0 Å². The van der Waals surface area contributed by atoms with E-state index in [-0.39, 0.29) is 24.1 Å². The molecule has 1 amide bonds. The van der Waals surface area contributed by atoms with Crippen molar-refractivity contribution in [2.45, 2.75) is 38.0 Å². The van der Waals surface area contributed by atoms with E-state index in [1.807, 2.05) is 7.85 Å². The number of rotatable bonds is 9. The van der Waals surface area contributed by atoms with Crippen LogP contribution in [0.5, 0.6) is 0 Å². The number of amides is 1. The van der Waals surface area contributed by atoms with E-state index in [1.54, 1.807) is 6.08 Å². The summed E-state index contributed by atoms with van der Waals surface area (Å²) in [6, 6.07) is -0.0418. The Morgan fingerprint density at radius 1 is 1.45 bits per heavy atom. The Morgan fingerprint density at radius 2 is 2.14 bits per heavy atom. The van der Waals surface area contributed by atoms with Gasteiger partial charge in [-0.1, -0.05) is 0 Å². The van der Waals surface area contributed by atoms with E-state index in [0.717, 1.165) is 6.42 Å². The monoisotopic (exact) mass is 333 g/mol. The van der Waals surface area contributed by atoms with Crippen LogP contribution in [0.1, 0.15) is 19.8 Å². The highest BCUT2D eigenvalue weighted by Crippen LogP contribution is 2.48. The molecule has 0 bridgehead atoms. The predicted octanol–water partition coefficient (Wildman–Crippen LogP) is 0.646. The summed E-state index contributed by atoms with van der Waals surface area (Å²) in [7, 11) is 1.47. The first-order valence-corrected chi connectivity index (χ1v) is 8.93. The van der Waals surface area contributed by atoms with Gasteiger partial charge in [-0.25, -0.2) is 0 Å². The summed E-state index contributed by atoms with van der Waals surface area (Å²) < 4.78 is 33.1. The van der Waals surface area contributed by atoms with Gasteiger partial charge >= 0.3 is 7.60 Å². The van der Waals surface area contributed by atoms with Crippen molar-refractivity contribution >= 4 is 21.3 Å². The molecule has 1 N–H and O–H groups in total. The zero-order valence-corrected chi connectivity index (χ0v) is 14.5. The molecule has 1 fully saturated rings. The van der Waals surface area contributed by atoms with E-state index in [4.69, 9.17) is 18.5 Å². The second-order valence-electron chi connectivity index (χ2n) is 5.11. The maximum atomic E-state index is 11.9. The standard InChI is InChI=1S/C13H25BNO6P/c1-10(16)15-6-4-7-20-12-9-11(21-13(12)14)5-8-22(17,18-2)19-3/h5,8,11-13H,4,6-7,9,14H2,1-3H3,(H,15,16)/b8-5+/t11-,12-,13-/m1/s1. The number of hydrogen-bond donors (Lipinski definition) is 1. The quantitative estimate of drug-likeness (QED) is 0.379. The highest BCUT2D eigenvalue weighted by Gasteiger charge is 2.32. The summed E-state index contributed by atoms with van der Waals surface area (Å²) in [5.41, 5.74) is 0. The molecule has 0 aromatic carbocycles. The van der Waals surface area contributed by atoms with E-state index in [2.05, 4.69) is 5.32 Å². The fourth-order valence-electron chi connectivity index (χ4n) is 2.14. The minimum atomic E-state index is -3.15. The number of carbonyl (C=O) groups excluding carboxylic acids is 1. The molecule has 0 saturated carbocycles. The van der Waals surface area contributed by atoms with E-state index >= 15 is 0 Å².